The van der Waals surface area contributed by atoms with E-state index in [2.05, 4.69) is 4.74 Å². The molecule has 0 bridgehead atoms. The summed E-state index contributed by atoms with van der Waals surface area (Å²) < 4.78 is 45.3. The summed E-state index contributed by atoms with van der Waals surface area (Å²) in [5.41, 5.74) is 0. The molecule has 0 aromatic carbocycles. The van der Waals surface area contributed by atoms with Crippen LogP contribution >= 0.6 is 0 Å². The van der Waals surface area contributed by atoms with E-state index in [1.54, 1.807) is 0 Å². The van der Waals surface area contributed by atoms with E-state index in [9.17, 15) is 18.3 Å². The van der Waals surface area contributed by atoms with E-state index in [-0.39, 0.29) is 6.42 Å². The van der Waals surface area contributed by atoms with Crippen molar-refractivity contribution in [1.82, 2.24) is 0 Å². The second kappa shape index (κ2) is 5.14. The molecule has 3 nitrogen and oxygen atoms in total. The van der Waals surface area contributed by atoms with Crippen LogP contribution in [0.2, 0.25) is 0 Å². The van der Waals surface area contributed by atoms with Crippen molar-refractivity contribution < 1.29 is 27.8 Å². The van der Waals surface area contributed by atoms with E-state index >= 15 is 0 Å². The van der Waals surface area contributed by atoms with Crippen LogP contribution in [0.15, 0.2) is 0 Å². The van der Waals surface area contributed by atoms with E-state index in [1.807, 2.05) is 6.92 Å². The molecule has 1 rings (SSSR count). The highest BCUT2D eigenvalue weighted by atomic mass is 19.4. The number of aliphatic hydroxyl groups is 1. The zero-order valence-corrected chi connectivity index (χ0v) is 8.46. The lowest BCUT2D eigenvalue weighted by atomic mass is 9.88. The van der Waals surface area contributed by atoms with Crippen LogP contribution in [0.1, 0.15) is 19.8 Å². The Labute approximate surface area is 86.2 Å². The summed E-state index contributed by atoms with van der Waals surface area (Å²) >= 11 is 0. The maximum absolute atomic E-state index is 11.8. The Kier molecular flexibility index (Phi) is 4.36. The second-order valence-electron chi connectivity index (χ2n) is 3.60. The van der Waals surface area contributed by atoms with Crippen LogP contribution in [-0.4, -0.2) is 42.8 Å². The molecule has 0 saturated heterocycles. The number of hydrogen-bond donors (Lipinski definition) is 1. The summed E-state index contributed by atoms with van der Waals surface area (Å²) in [6.07, 6.45) is -5.29. The number of alkyl halides is 3. The highest BCUT2D eigenvalue weighted by molar-refractivity contribution is 4.92. The van der Waals surface area contributed by atoms with Crippen molar-refractivity contribution in [3.8, 4) is 0 Å². The first-order chi connectivity index (χ1) is 6.94. The van der Waals surface area contributed by atoms with Gasteiger partial charge in [-0.3, -0.25) is 0 Å². The zero-order valence-electron chi connectivity index (χ0n) is 8.46. The molecule has 6 heteroatoms. The highest BCUT2D eigenvalue weighted by Crippen LogP contribution is 2.29. The van der Waals surface area contributed by atoms with E-state index in [0.717, 1.165) is 6.42 Å². The van der Waals surface area contributed by atoms with Gasteiger partial charge in [0, 0.05) is 13.0 Å². The Balaban J connectivity index is 2.24. The van der Waals surface area contributed by atoms with Gasteiger partial charge in [0.15, 0.2) is 0 Å². The number of halogens is 3. The van der Waals surface area contributed by atoms with Crippen molar-refractivity contribution in [3.05, 3.63) is 0 Å². The van der Waals surface area contributed by atoms with Gasteiger partial charge in [0.05, 0.1) is 12.2 Å². The highest BCUT2D eigenvalue weighted by Gasteiger charge is 2.43. The molecule has 1 aliphatic rings. The minimum absolute atomic E-state index is 0.213. The number of hydrogen-bond acceptors (Lipinski definition) is 3. The topological polar surface area (TPSA) is 38.7 Å². The van der Waals surface area contributed by atoms with Gasteiger partial charge in [0.25, 0.3) is 0 Å². The predicted molar refractivity (Wildman–Crippen MR) is 46.4 cm³/mol. The van der Waals surface area contributed by atoms with E-state index in [1.165, 1.54) is 0 Å². The van der Waals surface area contributed by atoms with Gasteiger partial charge in [0.1, 0.15) is 12.7 Å². The Hall–Kier alpha value is -0.330. The molecule has 0 spiro atoms. The minimum Gasteiger partial charge on any atom is -0.390 e. The van der Waals surface area contributed by atoms with E-state index < -0.39 is 31.1 Å². The number of ether oxygens (including phenoxy) is 2. The summed E-state index contributed by atoms with van der Waals surface area (Å²) in [7, 11) is 0. The molecule has 0 heterocycles. The van der Waals surface area contributed by atoms with Gasteiger partial charge < -0.3 is 14.6 Å². The van der Waals surface area contributed by atoms with Crippen LogP contribution in [0.5, 0.6) is 0 Å². The molecule has 3 atom stereocenters. The van der Waals surface area contributed by atoms with Crippen LogP contribution in [0.3, 0.4) is 0 Å². The Morgan fingerprint density at radius 1 is 1.33 bits per heavy atom. The third-order valence-corrected chi connectivity index (χ3v) is 2.19. The normalized spacial score (nSPS) is 31.4. The molecule has 90 valence electrons. The third kappa shape index (κ3) is 3.96. The SMILES string of the molecule is CCCOC1C(O)CC1OCC(F)(F)F. The lowest BCUT2D eigenvalue weighted by Crippen LogP contribution is -2.54. The van der Waals surface area contributed by atoms with E-state index in [4.69, 9.17) is 4.74 Å². The van der Waals surface area contributed by atoms with Crippen molar-refractivity contribution in [2.75, 3.05) is 13.2 Å². The Morgan fingerprint density at radius 3 is 2.47 bits per heavy atom. The van der Waals surface area contributed by atoms with Gasteiger partial charge in [0.2, 0.25) is 0 Å². The third-order valence-electron chi connectivity index (χ3n) is 2.19. The van der Waals surface area contributed by atoms with Crippen LogP contribution in [0, 0.1) is 0 Å². The maximum Gasteiger partial charge on any atom is 0.411 e. The fourth-order valence-corrected chi connectivity index (χ4v) is 1.39. The minimum atomic E-state index is -4.32. The van der Waals surface area contributed by atoms with Gasteiger partial charge >= 0.3 is 6.18 Å². The van der Waals surface area contributed by atoms with Gasteiger partial charge in [-0.2, -0.15) is 13.2 Å². The molecule has 1 aliphatic carbocycles. The summed E-state index contributed by atoms with van der Waals surface area (Å²) in [6.45, 7) is 1.03. The molecule has 0 aromatic rings. The number of rotatable bonds is 5. The molecule has 3 unspecified atom stereocenters. The van der Waals surface area contributed by atoms with Crippen LogP contribution < -0.4 is 0 Å². The lowest BCUT2D eigenvalue weighted by Gasteiger charge is -2.40. The predicted octanol–water partition coefficient (Wildman–Crippen LogP) is 1.49. The first kappa shape index (κ1) is 12.7. The standard InChI is InChI=1S/C9H15F3O3/c1-2-3-14-8-6(13)4-7(8)15-5-9(10,11)12/h6-8,13H,2-5H2,1H3. The Morgan fingerprint density at radius 2 is 2.00 bits per heavy atom. The zero-order chi connectivity index (χ0) is 11.5. The van der Waals surface area contributed by atoms with Gasteiger partial charge in [-0.05, 0) is 6.42 Å². The average molecular weight is 228 g/mol. The fourth-order valence-electron chi connectivity index (χ4n) is 1.39. The van der Waals surface area contributed by atoms with Crippen molar-refractivity contribution in [2.24, 2.45) is 0 Å². The summed E-state index contributed by atoms with van der Waals surface area (Å²) in [5, 5.41) is 9.25. The monoisotopic (exact) mass is 228 g/mol. The molecule has 0 radical (unpaired) electrons. The average Bonchev–Trinajstić information content (AvgIpc) is 2.11. The molecule has 15 heavy (non-hydrogen) atoms. The molecule has 1 fully saturated rings. The first-order valence-corrected chi connectivity index (χ1v) is 4.92. The summed E-state index contributed by atoms with van der Waals surface area (Å²) in [4.78, 5) is 0. The van der Waals surface area contributed by atoms with E-state index in [0.29, 0.717) is 6.61 Å². The van der Waals surface area contributed by atoms with Gasteiger partial charge in [-0.1, -0.05) is 6.92 Å². The molecule has 0 aliphatic heterocycles. The molecule has 1 N–H and O–H groups in total. The lowest BCUT2D eigenvalue weighted by molar-refractivity contribution is -0.239. The van der Waals surface area contributed by atoms with Crippen molar-refractivity contribution in [2.45, 2.75) is 44.3 Å². The molecule has 0 aromatic heterocycles. The molecular weight excluding hydrogens is 213 g/mol. The second-order valence-corrected chi connectivity index (χ2v) is 3.60. The largest absolute Gasteiger partial charge is 0.411 e. The van der Waals surface area contributed by atoms with Gasteiger partial charge in [-0.15, -0.1) is 0 Å². The molecule has 0 amide bonds. The van der Waals surface area contributed by atoms with Crippen LogP contribution in [0.4, 0.5) is 13.2 Å². The molecular formula is C9H15F3O3. The smallest absolute Gasteiger partial charge is 0.390 e. The van der Waals surface area contributed by atoms with Crippen molar-refractivity contribution in [1.29, 1.82) is 0 Å². The summed E-state index contributed by atoms with van der Waals surface area (Å²) in [5.74, 6) is 0. The first-order valence-electron chi connectivity index (χ1n) is 4.92. The quantitative estimate of drug-likeness (QED) is 0.774. The number of aliphatic hydroxyl groups excluding tert-OH is 1. The van der Waals surface area contributed by atoms with Crippen LogP contribution in [0.25, 0.3) is 0 Å². The van der Waals surface area contributed by atoms with Crippen molar-refractivity contribution in [3.63, 3.8) is 0 Å². The molecule has 1 saturated carbocycles. The Bertz CT molecular complexity index is 196. The maximum atomic E-state index is 11.8. The summed E-state index contributed by atoms with van der Waals surface area (Å²) in [6, 6.07) is 0. The fraction of sp³-hybridized carbons (Fsp3) is 1.00. The van der Waals surface area contributed by atoms with Crippen molar-refractivity contribution >= 4 is 0 Å². The van der Waals surface area contributed by atoms with Crippen LogP contribution in [-0.2, 0) is 9.47 Å². The van der Waals surface area contributed by atoms with Gasteiger partial charge in [-0.25, -0.2) is 0 Å².